The molecule has 4 atom stereocenters. The quantitative estimate of drug-likeness (QED) is 0.232. The van der Waals surface area contributed by atoms with Gasteiger partial charge in [-0.3, -0.25) is 9.36 Å². The van der Waals surface area contributed by atoms with Crippen LogP contribution in [-0.4, -0.2) is 45.2 Å². The standard InChI is InChI=1S/C23H30N7O5P/c1-15(2)20(30(33-3)17-7-5-4-6-8-17)23(31)35-36(25,32)34-12-16-9-10-18(11-16)29-14-28-19-21(24)26-13-27-22(19)29/h4-10,13-16,18,20H,11-12H2,1-3H3,(H2,25,32)(H2,24,26,27)/t16-,18+,20+,36?/m0/s1. The number of nitrogens with two attached hydrogens (primary N) is 2. The van der Waals surface area contributed by atoms with Crippen molar-refractivity contribution >= 4 is 36.4 Å². The summed E-state index contributed by atoms with van der Waals surface area (Å²) in [4.78, 5) is 31.0. The fraction of sp³-hybridized carbons (Fsp3) is 0.391. The first-order valence-electron chi connectivity index (χ1n) is 11.5. The van der Waals surface area contributed by atoms with Crippen LogP contribution in [0, 0.1) is 11.8 Å². The van der Waals surface area contributed by atoms with Gasteiger partial charge >= 0.3 is 13.7 Å². The lowest BCUT2D eigenvalue weighted by molar-refractivity contribution is -0.139. The van der Waals surface area contributed by atoms with E-state index in [2.05, 4.69) is 15.0 Å². The number of carbonyl (C=O) groups is 1. The largest absolute Gasteiger partial charge is 0.458 e. The van der Waals surface area contributed by atoms with Crippen LogP contribution in [0.3, 0.4) is 0 Å². The molecule has 0 amide bonds. The van der Waals surface area contributed by atoms with Crippen LogP contribution in [0.1, 0.15) is 26.3 Å². The maximum absolute atomic E-state index is 13.0. The Morgan fingerprint density at radius 3 is 2.67 bits per heavy atom. The van der Waals surface area contributed by atoms with E-state index in [0.29, 0.717) is 29.1 Å². The fourth-order valence-corrected chi connectivity index (χ4v) is 5.00. The molecule has 13 heteroatoms. The number of allylic oxidation sites excluding steroid dienone is 1. The molecule has 2 heterocycles. The predicted octanol–water partition coefficient (Wildman–Crippen LogP) is 3.24. The van der Waals surface area contributed by atoms with Crippen molar-refractivity contribution in [1.29, 1.82) is 0 Å². The van der Waals surface area contributed by atoms with Crippen molar-refractivity contribution in [2.45, 2.75) is 32.4 Å². The number of para-hydroxylation sites is 1. The summed E-state index contributed by atoms with van der Waals surface area (Å²) in [5.41, 5.74) is 13.5. The van der Waals surface area contributed by atoms with Crippen LogP contribution in [0.5, 0.6) is 0 Å². The van der Waals surface area contributed by atoms with Crippen molar-refractivity contribution in [3.05, 3.63) is 55.1 Å². The molecule has 36 heavy (non-hydrogen) atoms. The summed E-state index contributed by atoms with van der Waals surface area (Å²) < 4.78 is 25.3. The number of anilines is 2. The van der Waals surface area contributed by atoms with Crippen LogP contribution < -0.4 is 16.3 Å². The van der Waals surface area contributed by atoms with Gasteiger partial charge in [0.05, 0.1) is 31.8 Å². The van der Waals surface area contributed by atoms with Crippen molar-refractivity contribution < 1.29 is 23.2 Å². The van der Waals surface area contributed by atoms with Crippen molar-refractivity contribution in [3.63, 3.8) is 0 Å². The molecule has 0 bridgehead atoms. The number of hydroxylamine groups is 1. The zero-order valence-corrected chi connectivity index (χ0v) is 21.2. The molecule has 192 valence electrons. The van der Waals surface area contributed by atoms with E-state index in [9.17, 15) is 9.36 Å². The minimum absolute atomic E-state index is 0.0107. The van der Waals surface area contributed by atoms with Gasteiger partial charge in [0.1, 0.15) is 11.8 Å². The third-order valence-corrected chi connectivity index (χ3v) is 6.86. The molecule has 4 rings (SSSR count). The number of carbonyl (C=O) groups excluding carboxylic acids is 1. The smallest absolute Gasteiger partial charge is 0.382 e. The van der Waals surface area contributed by atoms with Gasteiger partial charge in [-0.05, 0) is 24.5 Å². The third-order valence-electron chi connectivity index (χ3n) is 5.91. The number of hydrogen-bond acceptors (Lipinski definition) is 10. The van der Waals surface area contributed by atoms with Crippen LogP contribution in [0.2, 0.25) is 0 Å². The summed E-state index contributed by atoms with van der Waals surface area (Å²) in [6.07, 6.45) is 7.59. The van der Waals surface area contributed by atoms with Gasteiger partial charge in [-0.15, -0.1) is 0 Å². The van der Waals surface area contributed by atoms with Crippen molar-refractivity contribution in [1.82, 2.24) is 19.5 Å². The second kappa shape index (κ2) is 10.8. The summed E-state index contributed by atoms with van der Waals surface area (Å²) in [5.74, 6) is -0.837. The van der Waals surface area contributed by atoms with Gasteiger partial charge in [-0.25, -0.2) is 34.9 Å². The van der Waals surface area contributed by atoms with Gasteiger partial charge in [0.25, 0.3) is 0 Å². The van der Waals surface area contributed by atoms with E-state index in [1.54, 1.807) is 18.5 Å². The number of imidazole rings is 1. The van der Waals surface area contributed by atoms with Crippen LogP contribution in [0.25, 0.3) is 11.2 Å². The Balaban J connectivity index is 1.37. The second-order valence-corrected chi connectivity index (χ2v) is 10.3. The lowest BCUT2D eigenvalue weighted by Gasteiger charge is -2.32. The van der Waals surface area contributed by atoms with Crippen molar-refractivity contribution in [2.24, 2.45) is 17.3 Å². The van der Waals surface area contributed by atoms with Crippen LogP contribution in [0.4, 0.5) is 11.5 Å². The molecule has 0 fully saturated rings. The van der Waals surface area contributed by atoms with E-state index in [0.717, 1.165) is 0 Å². The van der Waals surface area contributed by atoms with Crippen LogP contribution in [-0.2, 0) is 23.2 Å². The second-order valence-electron chi connectivity index (χ2n) is 8.81. The highest BCUT2D eigenvalue weighted by Gasteiger charge is 2.37. The van der Waals surface area contributed by atoms with Gasteiger partial charge in [-0.1, -0.05) is 44.2 Å². The Labute approximate surface area is 208 Å². The molecule has 0 saturated carbocycles. The highest BCUT2D eigenvalue weighted by molar-refractivity contribution is 7.51. The highest BCUT2D eigenvalue weighted by atomic mass is 31.2. The molecular formula is C23H30N7O5P. The molecule has 1 aliphatic rings. The van der Waals surface area contributed by atoms with Crippen molar-refractivity contribution in [2.75, 3.05) is 24.5 Å². The molecular weight excluding hydrogens is 485 g/mol. The number of nitrogens with zero attached hydrogens (tertiary/aromatic N) is 5. The Bertz CT molecular complexity index is 1280. The average molecular weight is 516 g/mol. The highest BCUT2D eigenvalue weighted by Crippen LogP contribution is 2.42. The zero-order chi connectivity index (χ0) is 25.9. The first-order valence-corrected chi connectivity index (χ1v) is 13.1. The van der Waals surface area contributed by atoms with Gasteiger partial charge in [0.15, 0.2) is 17.5 Å². The lowest BCUT2D eigenvalue weighted by atomic mass is 10.0. The molecule has 1 aromatic carbocycles. The summed E-state index contributed by atoms with van der Waals surface area (Å²) in [6.45, 7) is 3.66. The summed E-state index contributed by atoms with van der Waals surface area (Å²) in [7, 11) is -2.74. The van der Waals surface area contributed by atoms with Crippen LogP contribution in [0.15, 0.2) is 55.1 Å². The monoisotopic (exact) mass is 515 g/mol. The van der Waals surface area contributed by atoms with Crippen molar-refractivity contribution in [3.8, 4) is 0 Å². The van der Waals surface area contributed by atoms with E-state index in [4.69, 9.17) is 25.1 Å². The maximum Gasteiger partial charge on any atom is 0.458 e. The summed E-state index contributed by atoms with van der Waals surface area (Å²) in [6, 6.07) is 8.12. The molecule has 0 radical (unpaired) electrons. The minimum atomic E-state index is -4.18. The molecule has 1 unspecified atom stereocenters. The number of hydrogen-bond donors (Lipinski definition) is 2. The van der Waals surface area contributed by atoms with E-state index < -0.39 is 19.8 Å². The number of aromatic nitrogens is 4. The first-order chi connectivity index (χ1) is 17.2. The van der Waals surface area contributed by atoms with Gasteiger partial charge in [0, 0.05) is 5.92 Å². The SMILES string of the molecule is CON(c1ccccc1)[C@@H](C(=O)OP(N)(=O)OC[C@H]1C=C[C@@H](n2cnc3c(N)ncnc32)C1)C(C)C. The predicted molar refractivity (Wildman–Crippen MR) is 134 cm³/mol. The first kappa shape index (κ1) is 25.8. The van der Waals surface area contributed by atoms with Gasteiger partial charge in [-0.2, -0.15) is 0 Å². The Hall–Kier alpha value is -3.31. The number of benzene rings is 1. The molecule has 0 spiro atoms. The summed E-state index contributed by atoms with van der Waals surface area (Å²) in [5, 5.41) is 1.41. The van der Waals surface area contributed by atoms with E-state index in [-0.39, 0.29) is 24.5 Å². The topological polar surface area (TPSA) is 161 Å². The fourth-order valence-electron chi connectivity index (χ4n) is 4.19. The molecule has 0 aliphatic heterocycles. The summed E-state index contributed by atoms with van der Waals surface area (Å²) >= 11 is 0. The van der Waals surface area contributed by atoms with Gasteiger partial charge < -0.3 is 14.8 Å². The molecule has 2 aromatic heterocycles. The molecule has 0 saturated heterocycles. The van der Waals surface area contributed by atoms with E-state index in [1.165, 1.54) is 18.5 Å². The van der Waals surface area contributed by atoms with Gasteiger partial charge in [0.2, 0.25) is 0 Å². The Morgan fingerprint density at radius 1 is 1.22 bits per heavy atom. The molecule has 3 aromatic rings. The Kier molecular flexibility index (Phi) is 7.70. The zero-order valence-electron chi connectivity index (χ0n) is 20.3. The van der Waals surface area contributed by atoms with E-state index in [1.807, 2.05) is 48.8 Å². The normalized spacial score (nSPS) is 19.9. The minimum Gasteiger partial charge on any atom is -0.382 e. The Morgan fingerprint density at radius 2 is 1.97 bits per heavy atom. The third kappa shape index (κ3) is 5.57. The molecule has 12 nitrogen and oxygen atoms in total. The van der Waals surface area contributed by atoms with E-state index >= 15 is 0 Å². The lowest BCUT2D eigenvalue weighted by Crippen LogP contribution is -2.45. The average Bonchev–Trinajstić information content (AvgIpc) is 3.49. The molecule has 4 N–H and O–H groups in total. The maximum atomic E-state index is 13.0. The van der Waals surface area contributed by atoms with Crippen LogP contribution >= 0.6 is 7.75 Å². The molecule has 1 aliphatic carbocycles. The number of rotatable bonds is 10. The number of nitrogen functional groups attached to an aromatic ring is 1. The number of fused-ring (bicyclic) bond motifs is 1.